The summed E-state index contributed by atoms with van der Waals surface area (Å²) in [5.41, 5.74) is 3.03. The lowest BCUT2D eigenvalue weighted by molar-refractivity contribution is -0.152. The normalized spacial score (nSPS) is 29.5. The van der Waals surface area contributed by atoms with Gasteiger partial charge in [0.15, 0.2) is 0 Å². The van der Waals surface area contributed by atoms with Crippen LogP contribution in [-0.2, 0) is 23.8 Å². The van der Waals surface area contributed by atoms with E-state index < -0.39 is 0 Å². The van der Waals surface area contributed by atoms with Gasteiger partial charge >= 0.3 is 17.9 Å². The van der Waals surface area contributed by atoms with Crippen LogP contribution in [0.5, 0.6) is 0 Å². The number of hydrogen-bond donors (Lipinski definition) is 0. The minimum absolute atomic E-state index is 0.0396. The molecule has 0 radical (unpaired) electrons. The Morgan fingerprint density at radius 3 is 2.19 bits per heavy atom. The zero-order chi connectivity index (χ0) is 27.1. The molecule has 2 aliphatic rings. The van der Waals surface area contributed by atoms with Gasteiger partial charge in [-0.25, -0.2) is 4.79 Å². The van der Waals surface area contributed by atoms with Crippen LogP contribution in [0, 0.1) is 29.6 Å². The second-order valence-corrected chi connectivity index (χ2v) is 10.9. The van der Waals surface area contributed by atoms with Gasteiger partial charge in [0, 0.05) is 25.7 Å². The van der Waals surface area contributed by atoms with Crippen molar-refractivity contribution in [3.63, 3.8) is 0 Å². The van der Waals surface area contributed by atoms with E-state index in [1.54, 1.807) is 12.1 Å². The first kappa shape index (κ1) is 28.7. The maximum atomic E-state index is 13.0. The number of hydrogen-bond acceptors (Lipinski definition) is 6. The standard InChI is InChI=1S/C31H42O6/c1-19(2)11-10-12-20(3)25-17-28(36-23(6)33)26(18-35-22(5)32)30(25)29-21(4)15-16-27(29)37-31(34)24-13-8-7-9-14-24/h7-9,11-14,21,25-30H,10,15-18H2,1-6H3/b20-12-/t21-,25+,26-,27-,28-,29-,30-/m1/s1. The largest absolute Gasteiger partial charge is 0.465 e. The lowest BCUT2D eigenvalue weighted by Crippen LogP contribution is -2.39. The Morgan fingerprint density at radius 2 is 1.57 bits per heavy atom. The molecule has 2 saturated carbocycles. The number of carbonyl (C=O) groups excluding carboxylic acids is 3. The molecule has 37 heavy (non-hydrogen) atoms. The van der Waals surface area contributed by atoms with Gasteiger partial charge in [-0.1, -0.05) is 48.4 Å². The monoisotopic (exact) mass is 510 g/mol. The molecule has 6 nitrogen and oxygen atoms in total. The second kappa shape index (κ2) is 13.1. The van der Waals surface area contributed by atoms with E-state index in [2.05, 4.69) is 39.8 Å². The number of rotatable bonds is 9. The lowest BCUT2D eigenvalue weighted by Gasteiger charge is -2.36. The third kappa shape index (κ3) is 7.56. The smallest absolute Gasteiger partial charge is 0.338 e. The molecule has 3 rings (SSSR count). The summed E-state index contributed by atoms with van der Waals surface area (Å²) in [7, 11) is 0. The van der Waals surface area contributed by atoms with Gasteiger partial charge in [-0.2, -0.15) is 0 Å². The number of allylic oxidation sites excluding steroid dienone is 4. The van der Waals surface area contributed by atoms with Crippen LogP contribution in [0.15, 0.2) is 53.6 Å². The Balaban J connectivity index is 1.97. The molecule has 7 atom stereocenters. The topological polar surface area (TPSA) is 78.9 Å². The third-order valence-electron chi connectivity index (χ3n) is 7.98. The maximum Gasteiger partial charge on any atom is 0.338 e. The average molecular weight is 511 g/mol. The van der Waals surface area contributed by atoms with E-state index in [4.69, 9.17) is 14.2 Å². The van der Waals surface area contributed by atoms with Gasteiger partial charge in [-0.3, -0.25) is 9.59 Å². The van der Waals surface area contributed by atoms with Crippen LogP contribution in [0.3, 0.4) is 0 Å². The Labute approximate surface area is 221 Å². The summed E-state index contributed by atoms with van der Waals surface area (Å²) in [5, 5.41) is 0. The van der Waals surface area contributed by atoms with Gasteiger partial charge < -0.3 is 14.2 Å². The van der Waals surface area contributed by atoms with Gasteiger partial charge in [-0.05, 0) is 76.3 Å². The Hall–Kier alpha value is -2.89. The van der Waals surface area contributed by atoms with Crippen molar-refractivity contribution in [2.75, 3.05) is 6.61 Å². The molecule has 0 bridgehead atoms. The highest BCUT2D eigenvalue weighted by Crippen LogP contribution is 2.53. The molecule has 2 aliphatic carbocycles. The second-order valence-electron chi connectivity index (χ2n) is 10.9. The molecular formula is C31H42O6. The molecule has 1 aromatic carbocycles. The molecule has 2 fully saturated rings. The molecule has 0 amide bonds. The van der Waals surface area contributed by atoms with Crippen molar-refractivity contribution in [2.24, 2.45) is 29.6 Å². The summed E-state index contributed by atoms with van der Waals surface area (Å²) in [4.78, 5) is 36.9. The number of benzene rings is 1. The minimum atomic E-state index is -0.364. The Morgan fingerprint density at radius 1 is 0.865 bits per heavy atom. The van der Waals surface area contributed by atoms with E-state index in [-0.39, 0.29) is 60.4 Å². The predicted molar refractivity (Wildman–Crippen MR) is 143 cm³/mol. The number of ether oxygens (including phenoxy) is 3. The molecule has 202 valence electrons. The minimum Gasteiger partial charge on any atom is -0.465 e. The highest BCUT2D eigenvalue weighted by atomic mass is 16.6. The van der Waals surface area contributed by atoms with Gasteiger partial charge in [0.25, 0.3) is 0 Å². The van der Waals surface area contributed by atoms with Crippen LogP contribution in [0.2, 0.25) is 0 Å². The van der Waals surface area contributed by atoms with E-state index in [1.165, 1.54) is 25.0 Å². The van der Waals surface area contributed by atoms with Crippen LogP contribution in [0.4, 0.5) is 0 Å². The third-order valence-corrected chi connectivity index (χ3v) is 7.98. The molecule has 0 unspecified atom stereocenters. The summed E-state index contributed by atoms with van der Waals surface area (Å²) in [6, 6.07) is 9.07. The first-order valence-corrected chi connectivity index (χ1v) is 13.4. The van der Waals surface area contributed by atoms with Crippen LogP contribution in [-0.4, -0.2) is 36.7 Å². The van der Waals surface area contributed by atoms with Gasteiger partial charge in [0.2, 0.25) is 0 Å². The number of carbonyl (C=O) groups is 3. The molecule has 0 aromatic heterocycles. The first-order valence-electron chi connectivity index (χ1n) is 13.4. The van der Waals surface area contributed by atoms with E-state index in [0.29, 0.717) is 17.9 Å². The van der Waals surface area contributed by atoms with Crippen LogP contribution < -0.4 is 0 Å². The summed E-state index contributed by atoms with van der Waals surface area (Å²) in [5.74, 6) is -0.651. The SMILES string of the molecule is CC(=O)OC[C@H]1[C@H]([C@@H]2[C@H](C)CC[C@H]2OC(=O)c2ccccc2)[C@H](/C(C)=C\CC=C(C)C)C[C@H]1OC(C)=O. The first-order chi connectivity index (χ1) is 17.6. The Kier molecular flexibility index (Phi) is 10.1. The summed E-state index contributed by atoms with van der Waals surface area (Å²) in [6.07, 6.45) is 7.04. The summed E-state index contributed by atoms with van der Waals surface area (Å²) >= 11 is 0. The molecular weight excluding hydrogens is 468 g/mol. The van der Waals surface area contributed by atoms with Crippen molar-refractivity contribution in [3.8, 4) is 0 Å². The van der Waals surface area contributed by atoms with Gasteiger partial charge in [-0.15, -0.1) is 0 Å². The van der Waals surface area contributed by atoms with Crippen molar-refractivity contribution in [2.45, 2.75) is 79.4 Å². The van der Waals surface area contributed by atoms with Crippen molar-refractivity contribution < 1.29 is 28.6 Å². The van der Waals surface area contributed by atoms with E-state index in [0.717, 1.165) is 19.3 Å². The fraction of sp³-hybridized carbons (Fsp3) is 0.581. The van der Waals surface area contributed by atoms with Crippen LogP contribution >= 0.6 is 0 Å². The van der Waals surface area contributed by atoms with Gasteiger partial charge in [0.05, 0.1) is 12.2 Å². The molecule has 0 saturated heterocycles. The zero-order valence-electron chi connectivity index (χ0n) is 23.1. The van der Waals surface area contributed by atoms with Crippen molar-refractivity contribution in [3.05, 3.63) is 59.2 Å². The number of esters is 3. The molecule has 0 N–H and O–H groups in total. The van der Waals surface area contributed by atoms with Crippen molar-refractivity contribution in [1.29, 1.82) is 0 Å². The average Bonchev–Trinajstić information content (AvgIpc) is 3.36. The molecule has 6 heteroatoms. The fourth-order valence-electron chi connectivity index (χ4n) is 6.31. The van der Waals surface area contributed by atoms with E-state index in [9.17, 15) is 14.4 Å². The highest BCUT2D eigenvalue weighted by molar-refractivity contribution is 5.89. The van der Waals surface area contributed by atoms with Crippen molar-refractivity contribution in [1.82, 2.24) is 0 Å². The quantitative estimate of drug-likeness (QED) is 0.220. The maximum absolute atomic E-state index is 13.0. The fourth-order valence-corrected chi connectivity index (χ4v) is 6.31. The van der Waals surface area contributed by atoms with E-state index >= 15 is 0 Å². The van der Waals surface area contributed by atoms with Gasteiger partial charge in [0.1, 0.15) is 12.2 Å². The Bertz CT molecular complexity index is 1010. The van der Waals surface area contributed by atoms with Crippen LogP contribution in [0.1, 0.15) is 77.6 Å². The van der Waals surface area contributed by atoms with E-state index in [1.807, 2.05) is 18.2 Å². The molecule has 1 aromatic rings. The summed E-state index contributed by atoms with van der Waals surface area (Å²) in [6.45, 7) is 11.5. The highest BCUT2D eigenvalue weighted by Gasteiger charge is 2.54. The lowest BCUT2D eigenvalue weighted by atomic mass is 9.71. The van der Waals surface area contributed by atoms with Crippen LogP contribution in [0.25, 0.3) is 0 Å². The van der Waals surface area contributed by atoms with Crippen molar-refractivity contribution >= 4 is 17.9 Å². The molecule has 0 aliphatic heterocycles. The zero-order valence-corrected chi connectivity index (χ0v) is 23.1. The summed E-state index contributed by atoms with van der Waals surface area (Å²) < 4.78 is 17.5. The molecule has 0 heterocycles. The predicted octanol–water partition coefficient (Wildman–Crippen LogP) is 6.31. The molecule has 0 spiro atoms.